The Morgan fingerprint density at radius 2 is 1.73 bits per heavy atom. The van der Waals surface area contributed by atoms with Crippen molar-refractivity contribution in [2.75, 3.05) is 23.3 Å². The highest BCUT2D eigenvalue weighted by atomic mass is 32.2. The molecule has 0 spiro atoms. The zero-order valence-electron chi connectivity index (χ0n) is 28.3. The van der Waals surface area contributed by atoms with Gasteiger partial charge in [-0.2, -0.15) is 9.97 Å². The van der Waals surface area contributed by atoms with Crippen molar-refractivity contribution in [3.63, 3.8) is 0 Å². The third kappa shape index (κ3) is 7.53. The number of benzene rings is 2. The zero-order chi connectivity index (χ0) is 35.3. The molecule has 0 radical (unpaired) electrons. The Hall–Kier alpha value is -4.59. The summed E-state index contributed by atoms with van der Waals surface area (Å²) in [6, 6.07) is 12.5. The van der Waals surface area contributed by atoms with Crippen LogP contribution in [0.5, 0.6) is 5.88 Å². The van der Waals surface area contributed by atoms with Gasteiger partial charge in [0.05, 0.1) is 23.2 Å². The summed E-state index contributed by atoms with van der Waals surface area (Å²) in [6.07, 6.45) is 1.32. The maximum Gasteiger partial charge on any atom is 0.297 e. The molecule has 260 valence electrons. The van der Waals surface area contributed by atoms with Crippen LogP contribution in [0.15, 0.2) is 64.1 Å². The van der Waals surface area contributed by atoms with Crippen LogP contribution in [0.2, 0.25) is 0 Å². The van der Waals surface area contributed by atoms with E-state index < -0.39 is 33.9 Å². The van der Waals surface area contributed by atoms with Gasteiger partial charge < -0.3 is 19.0 Å². The highest BCUT2D eigenvalue weighted by Gasteiger charge is 2.48. The summed E-state index contributed by atoms with van der Waals surface area (Å²) < 4.78 is 68.9. The molecular formula is C35H40F2N6O5S. The van der Waals surface area contributed by atoms with Crippen molar-refractivity contribution < 1.29 is 31.1 Å². The molecular weight excluding hydrogens is 654 g/mol. The monoisotopic (exact) mass is 694 g/mol. The van der Waals surface area contributed by atoms with Crippen molar-refractivity contribution in [1.82, 2.24) is 19.9 Å². The number of sulfonamides is 1. The maximum absolute atomic E-state index is 14.4. The summed E-state index contributed by atoms with van der Waals surface area (Å²) >= 11 is 0. The first-order chi connectivity index (χ1) is 23.0. The Kier molecular flexibility index (Phi) is 8.88. The molecule has 1 amide bonds. The number of hydrogen-bond acceptors (Lipinski definition) is 9. The largest absolute Gasteiger partial charge is 0.475 e. The van der Waals surface area contributed by atoms with Crippen LogP contribution < -0.4 is 14.4 Å². The van der Waals surface area contributed by atoms with Gasteiger partial charge in [-0.05, 0) is 55.0 Å². The SMILES string of the molecule is Cc1cccc(C)c1-c1cc2nc(n1)NS(=O)(=O)c1cccc(c1)C(=O)N(Cc1coc(N(C)C3CC(F)(F)C3)n1)[C@H](CC(C)(C)C)CO2. The number of carbonyl (C=O) groups excluding carboxylic acids is 1. The van der Waals surface area contributed by atoms with E-state index in [-0.39, 0.29) is 59.7 Å². The predicted octanol–water partition coefficient (Wildman–Crippen LogP) is 6.62. The molecule has 2 aliphatic rings. The number of carbonyl (C=O) groups is 1. The smallest absolute Gasteiger partial charge is 0.297 e. The predicted molar refractivity (Wildman–Crippen MR) is 180 cm³/mol. The number of oxazole rings is 1. The maximum atomic E-state index is 14.4. The molecule has 4 bridgehead atoms. The summed E-state index contributed by atoms with van der Waals surface area (Å²) in [5, 5.41) is 0. The Morgan fingerprint density at radius 1 is 1.04 bits per heavy atom. The van der Waals surface area contributed by atoms with E-state index in [1.165, 1.54) is 24.5 Å². The first-order valence-corrected chi connectivity index (χ1v) is 17.5. The summed E-state index contributed by atoms with van der Waals surface area (Å²) in [5.74, 6) is -3.19. The molecule has 1 atom stereocenters. The quantitative estimate of drug-likeness (QED) is 0.237. The topological polar surface area (TPSA) is 131 Å². The van der Waals surface area contributed by atoms with Crippen molar-refractivity contribution in [2.24, 2.45) is 5.41 Å². The van der Waals surface area contributed by atoms with Crippen LogP contribution in [0, 0.1) is 19.3 Å². The van der Waals surface area contributed by atoms with Crippen LogP contribution >= 0.6 is 0 Å². The van der Waals surface area contributed by atoms with E-state index in [2.05, 4.69) is 19.7 Å². The third-order valence-electron chi connectivity index (χ3n) is 8.82. The number of nitrogens with zero attached hydrogens (tertiary/aromatic N) is 5. The average molecular weight is 695 g/mol. The second-order valence-corrected chi connectivity index (χ2v) is 15.8. The van der Waals surface area contributed by atoms with Crippen LogP contribution in [0.25, 0.3) is 11.3 Å². The highest BCUT2D eigenvalue weighted by molar-refractivity contribution is 7.92. The van der Waals surface area contributed by atoms with Crippen LogP contribution in [0.4, 0.5) is 20.7 Å². The van der Waals surface area contributed by atoms with Gasteiger partial charge in [-0.15, -0.1) is 0 Å². The van der Waals surface area contributed by atoms with E-state index in [1.54, 1.807) is 29.0 Å². The van der Waals surface area contributed by atoms with Crippen LogP contribution in [-0.2, 0) is 16.6 Å². The second-order valence-electron chi connectivity index (χ2n) is 14.1. The summed E-state index contributed by atoms with van der Waals surface area (Å²) in [5.41, 5.74) is 3.45. The number of halogens is 2. The van der Waals surface area contributed by atoms with Crippen molar-refractivity contribution >= 4 is 27.9 Å². The number of fused-ring (bicyclic) bond motifs is 4. The number of hydrogen-bond donors (Lipinski definition) is 1. The first-order valence-electron chi connectivity index (χ1n) is 16.1. The van der Waals surface area contributed by atoms with Gasteiger partial charge >= 0.3 is 0 Å². The Labute approximate surface area is 284 Å². The van der Waals surface area contributed by atoms with Crippen molar-refractivity contribution in [3.8, 4) is 17.1 Å². The average Bonchev–Trinajstić information content (AvgIpc) is 3.48. The molecule has 49 heavy (non-hydrogen) atoms. The first kappa shape index (κ1) is 34.3. The minimum Gasteiger partial charge on any atom is -0.475 e. The van der Waals surface area contributed by atoms with Crippen LogP contribution in [0.3, 0.4) is 0 Å². The highest BCUT2D eigenvalue weighted by Crippen LogP contribution is 2.41. The van der Waals surface area contributed by atoms with Gasteiger partial charge in [-0.3, -0.25) is 4.79 Å². The molecule has 1 saturated carbocycles. The normalized spacial score (nSPS) is 19.1. The van der Waals surface area contributed by atoms with Gasteiger partial charge in [0.1, 0.15) is 18.6 Å². The number of amides is 1. The van der Waals surface area contributed by atoms with Gasteiger partial charge in [-0.25, -0.2) is 26.9 Å². The van der Waals surface area contributed by atoms with E-state index in [4.69, 9.17) is 9.15 Å². The number of ether oxygens (including phenoxy) is 1. The number of anilines is 2. The van der Waals surface area contributed by atoms with Gasteiger partial charge in [0, 0.05) is 43.1 Å². The van der Waals surface area contributed by atoms with E-state index in [1.807, 2.05) is 52.8 Å². The minimum absolute atomic E-state index is 0.0138. The lowest BCUT2D eigenvalue weighted by molar-refractivity contribution is -0.0855. The number of aromatic nitrogens is 3. The molecule has 0 unspecified atom stereocenters. The van der Waals surface area contributed by atoms with Gasteiger partial charge in [0.15, 0.2) is 0 Å². The molecule has 14 heteroatoms. The number of alkyl halides is 2. The minimum atomic E-state index is -4.23. The molecule has 1 aliphatic carbocycles. The molecule has 3 heterocycles. The molecule has 1 aliphatic heterocycles. The zero-order valence-corrected chi connectivity index (χ0v) is 29.1. The molecule has 0 saturated heterocycles. The van der Waals surface area contributed by atoms with Gasteiger partial charge in [-0.1, -0.05) is 45.0 Å². The van der Waals surface area contributed by atoms with Crippen molar-refractivity contribution in [1.29, 1.82) is 0 Å². The lowest BCUT2D eigenvalue weighted by Gasteiger charge is -2.39. The Bertz CT molecular complexity index is 1970. The van der Waals surface area contributed by atoms with Crippen molar-refractivity contribution in [3.05, 3.63) is 77.2 Å². The number of rotatable bonds is 6. The van der Waals surface area contributed by atoms with Crippen molar-refractivity contribution in [2.45, 2.75) is 83.3 Å². The summed E-state index contributed by atoms with van der Waals surface area (Å²) in [4.78, 5) is 31.0. The van der Waals surface area contributed by atoms with E-state index in [0.717, 1.165) is 16.7 Å². The summed E-state index contributed by atoms with van der Waals surface area (Å²) in [7, 11) is -2.58. The summed E-state index contributed by atoms with van der Waals surface area (Å²) in [6.45, 7) is 10.0. The molecule has 11 nitrogen and oxygen atoms in total. The fourth-order valence-corrected chi connectivity index (χ4v) is 7.30. The Balaban J connectivity index is 1.42. The molecule has 2 aromatic heterocycles. The van der Waals surface area contributed by atoms with E-state index in [9.17, 15) is 22.0 Å². The molecule has 1 fully saturated rings. The van der Waals surface area contributed by atoms with Crippen LogP contribution in [-0.4, -0.2) is 65.8 Å². The molecule has 4 aromatic rings. The number of nitrogens with one attached hydrogen (secondary N) is 1. The van der Waals surface area contributed by atoms with Gasteiger partial charge in [0.2, 0.25) is 11.8 Å². The standard InChI is InChI=1S/C35H40F2N6O5S/c1-21-9-7-10-22(2)30(21)28-14-29-40-32(39-28)41-49(45,46)27-12-8-11-23(13-27)31(44)43(26(20-47-29)15-34(3,4)5)18-24-19-48-33(38-24)42(6)25-16-35(36,37)17-25/h7-14,19,25-26H,15-18,20H2,1-6H3,(H,39,40,41)/t26-/m1/s1. The lowest BCUT2D eigenvalue weighted by Crippen LogP contribution is -2.49. The van der Waals surface area contributed by atoms with Crippen LogP contribution in [0.1, 0.15) is 67.2 Å². The Morgan fingerprint density at radius 3 is 2.41 bits per heavy atom. The van der Waals surface area contributed by atoms with Gasteiger partial charge in [0.25, 0.3) is 27.9 Å². The lowest BCUT2D eigenvalue weighted by atomic mass is 9.87. The molecule has 2 aromatic carbocycles. The van der Waals surface area contributed by atoms with E-state index >= 15 is 0 Å². The fraction of sp³-hybridized carbons (Fsp3) is 0.429. The molecule has 6 rings (SSSR count). The third-order valence-corrected chi connectivity index (χ3v) is 10.1. The van der Waals surface area contributed by atoms with E-state index in [0.29, 0.717) is 17.8 Å². The molecule has 1 N–H and O–H groups in total. The second kappa shape index (κ2) is 12.7. The number of aryl methyl sites for hydroxylation is 2. The fourth-order valence-electron chi connectivity index (χ4n) is 6.31.